The predicted molar refractivity (Wildman–Crippen MR) is 80.0 cm³/mol. The number of rotatable bonds is 8. The number of nitrogens with zero attached hydrogens (tertiary/aromatic N) is 2. The number of hydrogen-bond donors (Lipinski definition) is 1. The van der Waals surface area contributed by atoms with Crippen molar-refractivity contribution in [2.45, 2.75) is 44.7 Å². The van der Waals surface area contributed by atoms with E-state index in [1.165, 1.54) is 38.9 Å². The highest BCUT2D eigenvalue weighted by Gasteiger charge is 2.24. The van der Waals surface area contributed by atoms with Gasteiger partial charge in [0, 0.05) is 31.7 Å². The fourth-order valence-electron chi connectivity index (χ4n) is 2.66. The predicted octanol–water partition coefficient (Wildman–Crippen LogP) is 1.96. The van der Waals surface area contributed by atoms with Gasteiger partial charge in [-0.3, -0.25) is 0 Å². The van der Waals surface area contributed by atoms with Crippen LogP contribution in [0.2, 0.25) is 0 Å². The molecular weight excluding hydrogens is 222 g/mol. The van der Waals surface area contributed by atoms with Crippen molar-refractivity contribution < 1.29 is 0 Å². The van der Waals surface area contributed by atoms with Crippen LogP contribution in [0, 0.1) is 0 Å². The summed E-state index contributed by atoms with van der Waals surface area (Å²) in [6, 6.07) is 1.34. The van der Waals surface area contributed by atoms with Crippen molar-refractivity contribution in [1.82, 2.24) is 15.1 Å². The van der Waals surface area contributed by atoms with Crippen LogP contribution in [-0.2, 0) is 0 Å². The minimum absolute atomic E-state index is 0.641. The quantitative estimate of drug-likeness (QED) is 0.667. The number of hydrogen-bond acceptors (Lipinski definition) is 3. The monoisotopic (exact) mass is 253 g/mol. The second-order valence-electron chi connectivity index (χ2n) is 5.65. The van der Waals surface area contributed by atoms with E-state index in [-0.39, 0.29) is 0 Å². The number of likely N-dealkylation sites (N-methyl/N-ethyl adjacent to an activating group) is 2. The Morgan fingerprint density at radius 2 is 2.17 bits per heavy atom. The zero-order chi connectivity index (χ0) is 13.4. The summed E-state index contributed by atoms with van der Waals surface area (Å²) in [5, 5.41) is 3.69. The molecule has 0 amide bonds. The van der Waals surface area contributed by atoms with Gasteiger partial charge in [0.15, 0.2) is 0 Å². The van der Waals surface area contributed by atoms with Crippen molar-refractivity contribution >= 4 is 0 Å². The molecule has 3 nitrogen and oxygen atoms in total. The molecule has 1 fully saturated rings. The van der Waals surface area contributed by atoms with E-state index in [4.69, 9.17) is 0 Å². The van der Waals surface area contributed by atoms with Crippen molar-refractivity contribution in [1.29, 1.82) is 0 Å². The Bertz CT molecular complexity index is 230. The molecule has 106 valence electrons. The molecule has 1 N–H and O–H groups in total. The van der Waals surface area contributed by atoms with Crippen LogP contribution in [0.25, 0.3) is 0 Å². The maximum absolute atomic E-state index is 3.84. The maximum atomic E-state index is 3.84. The van der Waals surface area contributed by atoms with Crippen LogP contribution in [0.1, 0.15) is 32.6 Å². The van der Waals surface area contributed by atoms with Gasteiger partial charge in [-0.1, -0.05) is 13.0 Å². The molecule has 0 spiro atoms. The summed E-state index contributed by atoms with van der Waals surface area (Å²) in [7, 11) is 4.50. The van der Waals surface area contributed by atoms with Gasteiger partial charge in [0.05, 0.1) is 0 Å². The highest BCUT2D eigenvalue weighted by Crippen LogP contribution is 2.14. The molecule has 0 bridgehead atoms. The minimum Gasteiger partial charge on any atom is -0.314 e. The molecule has 0 saturated carbocycles. The van der Waals surface area contributed by atoms with Gasteiger partial charge in [0.2, 0.25) is 0 Å². The zero-order valence-electron chi connectivity index (χ0n) is 12.5. The van der Waals surface area contributed by atoms with E-state index in [1.54, 1.807) is 0 Å². The average molecular weight is 253 g/mol. The Hall–Kier alpha value is -0.380. The molecule has 2 atom stereocenters. The Morgan fingerprint density at radius 1 is 1.39 bits per heavy atom. The molecule has 2 unspecified atom stereocenters. The van der Waals surface area contributed by atoms with Crippen molar-refractivity contribution in [3.63, 3.8) is 0 Å². The van der Waals surface area contributed by atoms with E-state index in [0.717, 1.165) is 13.0 Å². The summed E-state index contributed by atoms with van der Waals surface area (Å²) in [6.45, 7) is 10.8. The molecule has 3 heteroatoms. The molecule has 18 heavy (non-hydrogen) atoms. The molecule has 0 radical (unpaired) electrons. The van der Waals surface area contributed by atoms with Crippen molar-refractivity contribution in [2.75, 3.05) is 40.3 Å². The van der Waals surface area contributed by atoms with Crippen LogP contribution in [0.3, 0.4) is 0 Å². The third-order valence-electron chi connectivity index (χ3n) is 3.94. The van der Waals surface area contributed by atoms with Gasteiger partial charge in [0.25, 0.3) is 0 Å². The minimum atomic E-state index is 0.641. The van der Waals surface area contributed by atoms with Crippen molar-refractivity contribution in [3.8, 4) is 0 Å². The van der Waals surface area contributed by atoms with Crippen LogP contribution in [0.4, 0.5) is 0 Å². The van der Waals surface area contributed by atoms with Gasteiger partial charge in [-0.25, -0.2) is 0 Å². The van der Waals surface area contributed by atoms with Gasteiger partial charge in [-0.15, -0.1) is 6.58 Å². The first-order valence-corrected chi connectivity index (χ1v) is 7.40. The lowest BCUT2D eigenvalue weighted by Crippen LogP contribution is -2.52. The summed E-state index contributed by atoms with van der Waals surface area (Å²) < 4.78 is 0. The fraction of sp³-hybridized carbons (Fsp3) is 0.867. The van der Waals surface area contributed by atoms with Gasteiger partial charge in [0.1, 0.15) is 0 Å². The lowest BCUT2D eigenvalue weighted by molar-refractivity contribution is 0.100. The molecule has 0 aromatic carbocycles. The summed E-state index contributed by atoms with van der Waals surface area (Å²) in [5.41, 5.74) is 0. The van der Waals surface area contributed by atoms with E-state index >= 15 is 0 Å². The highest BCUT2D eigenvalue weighted by atomic mass is 15.3. The first kappa shape index (κ1) is 15.7. The third-order valence-corrected chi connectivity index (χ3v) is 3.94. The zero-order valence-corrected chi connectivity index (χ0v) is 12.5. The Morgan fingerprint density at radius 3 is 2.83 bits per heavy atom. The van der Waals surface area contributed by atoms with Gasteiger partial charge in [-0.05, 0) is 46.3 Å². The topological polar surface area (TPSA) is 18.5 Å². The number of piperazine rings is 1. The summed E-state index contributed by atoms with van der Waals surface area (Å²) in [6.07, 6.45) is 6.85. The van der Waals surface area contributed by atoms with E-state index in [0.29, 0.717) is 12.1 Å². The fourth-order valence-corrected chi connectivity index (χ4v) is 2.66. The van der Waals surface area contributed by atoms with Gasteiger partial charge in [-0.2, -0.15) is 0 Å². The second kappa shape index (κ2) is 8.68. The van der Waals surface area contributed by atoms with Crippen molar-refractivity contribution in [2.24, 2.45) is 0 Å². The Kier molecular flexibility index (Phi) is 7.56. The molecule has 0 aromatic heterocycles. The van der Waals surface area contributed by atoms with Crippen molar-refractivity contribution in [3.05, 3.63) is 12.7 Å². The van der Waals surface area contributed by atoms with Crippen LogP contribution in [0.5, 0.6) is 0 Å². The molecule has 1 aliphatic rings. The standard InChI is InChI=1S/C15H31N3/c1-5-7-8-14(16-9-6-2)12-15-13-17(3)10-11-18(15)4/h5,14-16H,1,6-13H2,2-4H3. The smallest absolute Gasteiger partial charge is 0.0235 e. The lowest BCUT2D eigenvalue weighted by atomic mass is 9.99. The van der Waals surface area contributed by atoms with Gasteiger partial charge >= 0.3 is 0 Å². The van der Waals surface area contributed by atoms with E-state index < -0.39 is 0 Å². The normalized spacial score (nSPS) is 24.1. The largest absolute Gasteiger partial charge is 0.314 e. The maximum Gasteiger partial charge on any atom is 0.0235 e. The molecule has 1 saturated heterocycles. The summed E-state index contributed by atoms with van der Waals surface area (Å²) >= 11 is 0. The lowest BCUT2D eigenvalue weighted by Gasteiger charge is -2.39. The van der Waals surface area contributed by atoms with Gasteiger partial charge < -0.3 is 15.1 Å². The molecule has 1 heterocycles. The molecular formula is C15H31N3. The van der Waals surface area contributed by atoms with Crippen LogP contribution in [0.15, 0.2) is 12.7 Å². The first-order valence-electron chi connectivity index (χ1n) is 7.40. The van der Waals surface area contributed by atoms with E-state index in [2.05, 4.69) is 42.7 Å². The number of nitrogens with one attached hydrogen (secondary N) is 1. The van der Waals surface area contributed by atoms with Crippen LogP contribution >= 0.6 is 0 Å². The van der Waals surface area contributed by atoms with Crippen LogP contribution in [-0.4, -0.2) is 62.2 Å². The molecule has 1 rings (SSSR count). The second-order valence-corrected chi connectivity index (χ2v) is 5.65. The average Bonchev–Trinajstić information content (AvgIpc) is 2.37. The van der Waals surface area contributed by atoms with E-state index in [1.807, 2.05) is 6.08 Å². The summed E-state index contributed by atoms with van der Waals surface area (Å²) in [5.74, 6) is 0. The summed E-state index contributed by atoms with van der Waals surface area (Å²) in [4.78, 5) is 4.98. The number of allylic oxidation sites excluding steroid dienone is 1. The Balaban J connectivity index is 2.43. The third kappa shape index (κ3) is 5.51. The molecule has 0 aromatic rings. The Labute approximate surface area is 113 Å². The highest BCUT2D eigenvalue weighted by molar-refractivity contribution is 4.84. The van der Waals surface area contributed by atoms with E-state index in [9.17, 15) is 0 Å². The van der Waals surface area contributed by atoms with Crippen LogP contribution < -0.4 is 5.32 Å². The molecule has 1 aliphatic heterocycles. The molecule has 0 aliphatic carbocycles. The SMILES string of the molecule is C=CCCC(CC1CN(C)CCN1C)NCCC. The first-order chi connectivity index (χ1) is 8.67.